The zero-order valence-electron chi connectivity index (χ0n) is 8.77. The summed E-state index contributed by atoms with van der Waals surface area (Å²) in [6, 6.07) is 10.9. The first-order valence-corrected chi connectivity index (χ1v) is 5.71. The van der Waals surface area contributed by atoms with Crippen LogP contribution in [0.5, 0.6) is 5.75 Å². The van der Waals surface area contributed by atoms with Gasteiger partial charge >= 0.3 is 6.09 Å². The fourth-order valence-corrected chi connectivity index (χ4v) is 1.88. The van der Waals surface area contributed by atoms with Crippen molar-refractivity contribution in [2.75, 3.05) is 5.32 Å². The molecular weight excluding hydrogens is 222 g/mol. The Morgan fingerprint density at radius 2 is 2.06 bits per heavy atom. The first kappa shape index (κ1) is 10.7. The molecule has 1 aromatic carbocycles. The lowest BCUT2D eigenvalue weighted by Gasteiger charge is -2.04. The lowest BCUT2D eigenvalue weighted by Crippen LogP contribution is -2.16. The number of benzene rings is 1. The number of carbonyl (C=O) groups is 1. The van der Waals surface area contributed by atoms with Crippen LogP contribution in [0, 0.1) is 6.92 Å². The van der Waals surface area contributed by atoms with Crippen molar-refractivity contribution < 1.29 is 9.53 Å². The van der Waals surface area contributed by atoms with E-state index in [1.807, 2.05) is 36.6 Å². The van der Waals surface area contributed by atoms with Crippen molar-refractivity contribution in [3.05, 3.63) is 46.7 Å². The van der Waals surface area contributed by atoms with E-state index in [-0.39, 0.29) is 0 Å². The molecule has 0 atom stereocenters. The molecule has 0 aliphatic carbocycles. The van der Waals surface area contributed by atoms with Gasteiger partial charge in [0.25, 0.3) is 0 Å². The summed E-state index contributed by atoms with van der Waals surface area (Å²) in [4.78, 5) is 12.6. The van der Waals surface area contributed by atoms with Crippen molar-refractivity contribution in [1.82, 2.24) is 0 Å². The van der Waals surface area contributed by atoms with Crippen molar-refractivity contribution in [3.63, 3.8) is 0 Å². The number of ether oxygens (including phenoxy) is 1. The van der Waals surface area contributed by atoms with E-state index in [0.29, 0.717) is 5.75 Å². The second-order valence-electron chi connectivity index (χ2n) is 3.27. The summed E-state index contributed by atoms with van der Waals surface area (Å²) in [5.41, 5.74) is 0.767. The van der Waals surface area contributed by atoms with Gasteiger partial charge in [0.2, 0.25) is 0 Å². The minimum atomic E-state index is -0.469. The number of carbonyl (C=O) groups excluding carboxylic acids is 1. The van der Waals surface area contributed by atoms with Gasteiger partial charge in [-0.2, -0.15) is 0 Å². The Labute approximate surface area is 97.7 Å². The molecule has 2 aromatic rings. The average Bonchev–Trinajstić information content (AvgIpc) is 2.65. The number of hydrogen-bond donors (Lipinski definition) is 1. The average molecular weight is 233 g/mol. The molecule has 0 radical (unpaired) electrons. The van der Waals surface area contributed by atoms with Gasteiger partial charge in [0.05, 0.1) is 5.69 Å². The maximum Gasteiger partial charge on any atom is 0.417 e. The fourth-order valence-electron chi connectivity index (χ4n) is 1.25. The van der Waals surface area contributed by atoms with Gasteiger partial charge in [-0.25, -0.2) is 4.79 Å². The molecule has 0 saturated heterocycles. The molecule has 0 unspecified atom stereocenters. The highest BCUT2D eigenvalue weighted by molar-refractivity contribution is 7.10. The van der Waals surface area contributed by atoms with E-state index in [2.05, 4.69) is 5.32 Å². The molecule has 82 valence electrons. The summed E-state index contributed by atoms with van der Waals surface area (Å²) in [5.74, 6) is 0.534. The van der Waals surface area contributed by atoms with Crippen LogP contribution in [0.3, 0.4) is 0 Å². The highest BCUT2D eigenvalue weighted by Gasteiger charge is 2.05. The first-order valence-electron chi connectivity index (χ1n) is 4.83. The Morgan fingerprint density at radius 1 is 1.31 bits per heavy atom. The van der Waals surface area contributed by atoms with E-state index >= 15 is 0 Å². The van der Waals surface area contributed by atoms with Crippen molar-refractivity contribution in [1.29, 1.82) is 0 Å². The van der Waals surface area contributed by atoms with Crippen molar-refractivity contribution in [3.8, 4) is 5.75 Å². The topological polar surface area (TPSA) is 38.3 Å². The number of amides is 1. The lowest BCUT2D eigenvalue weighted by atomic mass is 10.3. The molecule has 16 heavy (non-hydrogen) atoms. The Bertz CT molecular complexity index is 479. The summed E-state index contributed by atoms with van der Waals surface area (Å²) >= 11 is 1.58. The SMILES string of the molecule is Cc1cc(NC(=O)Oc2ccccc2)cs1. The number of thiophene rings is 1. The van der Waals surface area contributed by atoms with Crippen LogP contribution in [0.1, 0.15) is 4.88 Å². The second kappa shape index (κ2) is 4.81. The van der Waals surface area contributed by atoms with E-state index in [4.69, 9.17) is 4.74 Å². The molecule has 1 heterocycles. The molecule has 0 bridgehead atoms. The number of nitrogens with one attached hydrogen (secondary N) is 1. The Hall–Kier alpha value is -1.81. The van der Waals surface area contributed by atoms with E-state index in [1.54, 1.807) is 23.5 Å². The predicted molar refractivity (Wildman–Crippen MR) is 65.1 cm³/mol. The van der Waals surface area contributed by atoms with Crippen molar-refractivity contribution >= 4 is 23.1 Å². The Morgan fingerprint density at radius 3 is 2.69 bits per heavy atom. The van der Waals surface area contributed by atoms with Crippen LogP contribution in [-0.2, 0) is 0 Å². The van der Waals surface area contributed by atoms with Crippen LogP contribution < -0.4 is 10.1 Å². The molecule has 0 aliphatic heterocycles. The quantitative estimate of drug-likeness (QED) is 0.859. The summed E-state index contributed by atoms with van der Waals surface area (Å²) in [6.45, 7) is 1.98. The molecule has 4 heteroatoms. The molecule has 0 fully saturated rings. The fraction of sp³-hybridized carbons (Fsp3) is 0.0833. The number of anilines is 1. The van der Waals surface area contributed by atoms with Gasteiger partial charge in [0.1, 0.15) is 5.75 Å². The second-order valence-corrected chi connectivity index (χ2v) is 4.39. The van der Waals surface area contributed by atoms with Crippen LogP contribution in [0.25, 0.3) is 0 Å². The molecule has 0 aliphatic rings. The first-order chi connectivity index (χ1) is 7.74. The smallest absolute Gasteiger partial charge is 0.410 e. The Balaban J connectivity index is 1.95. The molecular formula is C12H11NO2S. The molecule has 1 aromatic heterocycles. The highest BCUT2D eigenvalue weighted by Crippen LogP contribution is 2.18. The number of rotatable bonds is 2. The molecule has 2 rings (SSSR count). The third-order valence-electron chi connectivity index (χ3n) is 1.93. The normalized spacial score (nSPS) is 9.81. The summed E-state index contributed by atoms with van der Waals surface area (Å²) in [7, 11) is 0. The van der Waals surface area contributed by atoms with E-state index in [1.165, 1.54) is 0 Å². The minimum absolute atomic E-state index is 0.469. The number of aryl methyl sites for hydroxylation is 1. The van der Waals surface area contributed by atoms with Crippen LogP contribution in [-0.4, -0.2) is 6.09 Å². The van der Waals surface area contributed by atoms with Crippen LogP contribution >= 0.6 is 11.3 Å². The maximum absolute atomic E-state index is 11.5. The largest absolute Gasteiger partial charge is 0.417 e. The van der Waals surface area contributed by atoms with Gasteiger partial charge in [0, 0.05) is 10.3 Å². The van der Waals surface area contributed by atoms with Gasteiger partial charge in [-0.15, -0.1) is 11.3 Å². The maximum atomic E-state index is 11.5. The highest BCUT2D eigenvalue weighted by atomic mass is 32.1. The summed E-state index contributed by atoms with van der Waals surface area (Å²) in [5, 5.41) is 4.54. The molecule has 0 saturated carbocycles. The standard InChI is InChI=1S/C12H11NO2S/c1-9-7-10(8-16-9)13-12(14)15-11-5-3-2-4-6-11/h2-8H,1H3,(H,13,14). The molecule has 3 nitrogen and oxygen atoms in total. The zero-order chi connectivity index (χ0) is 11.4. The van der Waals surface area contributed by atoms with Gasteiger partial charge in [-0.1, -0.05) is 18.2 Å². The van der Waals surface area contributed by atoms with Crippen LogP contribution in [0.2, 0.25) is 0 Å². The zero-order valence-corrected chi connectivity index (χ0v) is 9.58. The molecule has 1 amide bonds. The van der Waals surface area contributed by atoms with Crippen LogP contribution in [0.15, 0.2) is 41.8 Å². The number of hydrogen-bond acceptors (Lipinski definition) is 3. The minimum Gasteiger partial charge on any atom is -0.410 e. The van der Waals surface area contributed by atoms with Crippen molar-refractivity contribution in [2.45, 2.75) is 6.92 Å². The van der Waals surface area contributed by atoms with Crippen LogP contribution in [0.4, 0.5) is 10.5 Å². The van der Waals surface area contributed by atoms with Crippen molar-refractivity contribution in [2.24, 2.45) is 0 Å². The lowest BCUT2D eigenvalue weighted by molar-refractivity contribution is 0.215. The summed E-state index contributed by atoms with van der Waals surface area (Å²) < 4.78 is 5.08. The van der Waals surface area contributed by atoms with E-state index < -0.39 is 6.09 Å². The third-order valence-corrected chi connectivity index (χ3v) is 2.79. The molecule has 0 spiro atoms. The third kappa shape index (κ3) is 2.84. The predicted octanol–water partition coefficient (Wildman–Crippen LogP) is 3.67. The Kier molecular flexibility index (Phi) is 3.22. The summed E-state index contributed by atoms with van der Waals surface area (Å²) in [6.07, 6.45) is -0.469. The van der Waals surface area contributed by atoms with Gasteiger partial charge in [-0.05, 0) is 25.1 Å². The van der Waals surface area contributed by atoms with E-state index in [9.17, 15) is 4.79 Å². The molecule has 1 N–H and O–H groups in total. The van der Waals surface area contributed by atoms with Gasteiger partial charge in [0.15, 0.2) is 0 Å². The van der Waals surface area contributed by atoms with Gasteiger partial charge in [-0.3, -0.25) is 5.32 Å². The monoisotopic (exact) mass is 233 g/mol. The van der Waals surface area contributed by atoms with E-state index in [0.717, 1.165) is 10.6 Å². The number of para-hydroxylation sites is 1. The van der Waals surface area contributed by atoms with Gasteiger partial charge < -0.3 is 4.74 Å².